The van der Waals surface area contributed by atoms with Crippen LogP contribution in [0.15, 0.2) is 24.3 Å². The third kappa shape index (κ3) is 7.65. The molecule has 5 fully saturated rings. The molecule has 4 aliphatic carbocycles. The first-order valence-corrected chi connectivity index (χ1v) is 22.3. The minimum absolute atomic E-state index is 0.0456. The number of halogens is 4. The number of alkyl halides is 4. The standard InChI is InChI=1S/C41H52F4N6O8S/c1-20-28-19-51(29(20)33(52)49-40(18-24(40)32(42)43)36(54)50-60(56,57)39(5)14-15-39)35(53)31(38(2,3)4)48-37(55)59-27-17-21-16-23(21)22(27)10-8-9-13-41(44,45)30-34(58-28)47-26-12-7-6-11-25(26)46-30/h6-7,11-12,20-24,27-29,31-32H,8-10,13-19H2,1-5H3,(H,48,55)(H,49,52)(H,50,54)/t20-,21+,22-,23+,24+,27-,28+,29+,31-,40-/m1/s1. The highest BCUT2D eigenvalue weighted by molar-refractivity contribution is 7.91. The van der Waals surface area contributed by atoms with Crippen LogP contribution in [0.1, 0.15) is 98.1 Å². The van der Waals surface area contributed by atoms with E-state index in [0.717, 1.165) is 11.3 Å². The SMILES string of the molecule is C[C@@H]1[C@@H]2CN(C(=O)[C@H](C(C)(C)C)NC(=O)O[C@@H]3C[C@@H]4C[C@@H]4[C@H]3CCCCC(F)(F)c3nc4ccccc4nc3O2)[C@@H]1C(=O)N[C@]1(C(=O)NS(=O)(=O)C2(C)CC2)C[C@H]1C(F)F. The van der Waals surface area contributed by atoms with Crippen molar-refractivity contribution in [1.82, 2.24) is 30.2 Å². The average Bonchev–Trinajstić information content (AvgIpc) is 4.12. The zero-order valence-electron chi connectivity index (χ0n) is 34.2. The summed E-state index contributed by atoms with van der Waals surface area (Å²) in [6.45, 7) is 7.56. The lowest BCUT2D eigenvalue weighted by Crippen LogP contribution is -2.61. The van der Waals surface area contributed by atoms with Crippen LogP contribution in [0.5, 0.6) is 5.88 Å². The van der Waals surface area contributed by atoms with Crippen molar-refractivity contribution >= 4 is 44.9 Å². The molecule has 4 saturated carbocycles. The van der Waals surface area contributed by atoms with Crippen LogP contribution < -0.4 is 20.1 Å². The van der Waals surface area contributed by atoms with Crippen molar-refractivity contribution in [3.8, 4) is 5.88 Å². The molecule has 14 nitrogen and oxygen atoms in total. The fourth-order valence-electron chi connectivity index (χ4n) is 9.59. The molecule has 2 bridgehead atoms. The average molecular weight is 865 g/mol. The Labute approximate surface area is 345 Å². The summed E-state index contributed by atoms with van der Waals surface area (Å²) in [6, 6.07) is 3.50. The number of benzene rings is 1. The number of ether oxygens (including phenoxy) is 2. The molecule has 2 aliphatic heterocycles. The normalized spacial score (nSPS) is 34.8. The number of amides is 4. The van der Waals surface area contributed by atoms with Crippen LogP contribution in [0.4, 0.5) is 22.4 Å². The van der Waals surface area contributed by atoms with Crippen molar-refractivity contribution in [1.29, 1.82) is 0 Å². The van der Waals surface area contributed by atoms with Crippen molar-refractivity contribution in [2.24, 2.45) is 35.0 Å². The van der Waals surface area contributed by atoms with E-state index in [2.05, 4.69) is 20.6 Å². The van der Waals surface area contributed by atoms with E-state index < -0.39 is 129 Å². The van der Waals surface area contributed by atoms with Gasteiger partial charge in [-0.3, -0.25) is 19.1 Å². The van der Waals surface area contributed by atoms with E-state index in [1.54, 1.807) is 45.0 Å². The zero-order chi connectivity index (χ0) is 43.3. The Morgan fingerprint density at radius 1 is 0.983 bits per heavy atom. The van der Waals surface area contributed by atoms with E-state index in [1.807, 2.05) is 4.72 Å². The molecule has 4 amide bonds. The predicted octanol–water partition coefficient (Wildman–Crippen LogP) is 5.19. The number of rotatable bonds is 6. The molecule has 6 aliphatic rings. The van der Waals surface area contributed by atoms with Gasteiger partial charge in [-0.25, -0.2) is 32.0 Å². The van der Waals surface area contributed by atoms with Gasteiger partial charge in [0.15, 0.2) is 5.69 Å². The molecule has 0 spiro atoms. The summed E-state index contributed by atoms with van der Waals surface area (Å²) >= 11 is 0. The van der Waals surface area contributed by atoms with E-state index >= 15 is 8.78 Å². The Balaban J connectivity index is 1.17. The van der Waals surface area contributed by atoms with Gasteiger partial charge < -0.3 is 25.0 Å². The molecule has 10 atom stereocenters. The van der Waals surface area contributed by atoms with Gasteiger partial charge in [0.2, 0.25) is 34.1 Å². The van der Waals surface area contributed by atoms with Gasteiger partial charge in [0.05, 0.1) is 28.2 Å². The second-order valence-corrected chi connectivity index (χ2v) is 21.4. The maximum Gasteiger partial charge on any atom is 0.408 e. The lowest BCUT2D eigenvalue weighted by molar-refractivity contribution is -0.143. The van der Waals surface area contributed by atoms with Crippen molar-refractivity contribution in [3.05, 3.63) is 30.0 Å². The summed E-state index contributed by atoms with van der Waals surface area (Å²) in [4.78, 5) is 66.5. The maximum absolute atomic E-state index is 16.4. The lowest BCUT2D eigenvalue weighted by Gasteiger charge is -2.36. The molecule has 0 radical (unpaired) electrons. The number of sulfonamides is 1. The third-order valence-corrected chi connectivity index (χ3v) is 16.0. The van der Waals surface area contributed by atoms with Crippen molar-refractivity contribution in [2.45, 2.75) is 139 Å². The first-order chi connectivity index (χ1) is 28.0. The predicted molar refractivity (Wildman–Crippen MR) is 207 cm³/mol. The highest BCUT2D eigenvalue weighted by Crippen LogP contribution is 2.58. The van der Waals surface area contributed by atoms with Gasteiger partial charge in [-0.15, -0.1) is 0 Å². The van der Waals surface area contributed by atoms with Gasteiger partial charge in [-0.2, -0.15) is 8.78 Å². The number of nitrogens with one attached hydrogen (secondary N) is 3. The van der Waals surface area contributed by atoms with Crippen molar-refractivity contribution in [3.63, 3.8) is 0 Å². The van der Waals surface area contributed by atoms with Crippen molar-refractivity contribution < 1.29 is 54.6 Å². The summed E-state index contributed by atoms with van der Waals surface area (Å²) in [5.74, 6) is -9.43. The number of hydrogen-bond donors (Lipinski definition) is 3. The molecule has 328 valence electrons. The number of alkyl carbamates (subject to hydrolysis) is 1. The van der Waals surface area contributed by atoms with Gasteiger partial charge in [-0.05, 0) is 87.2 Å². The number of fused-ring (bicyclic) bond motifs is 7. The molecule has 19 heteroatoms. The molecular formula is C41H52F4N6O8S. The number of nitrogens with zero attached hydrogens (tertiary/aromatic N) is 3. The minimum atomic E-state index is -4.30. The van der Waals surface area contributed by atoms with Gasteiger partial charge in [0.25, 0.3) is 11.8 Å². The lowest BCUT2D eigenvalue weighted by atomic mass is 9.85. The summed E-state index contributed by atoms with van der Waals surface area (Å²) in [6.07, 6.45) is -3.67. The molecule has 3 N–H and O–H groups in total. The topological polar surface area (TPSA) is 186 Å². The summed E-state index contributed by atoms with van der Waals surface area (Å²) in [7, 11) is -4.30. The van der Waals surface area contributed by atoms with Crippen LogP contribution >= 0.6 is 0 Å². The Bertz CT molecular complexity index is 2200. The fraction of sp³-hybridized carbons (Fsp3) is 0.707. The second kappa shape index (κ2) is 14.7. The van der Waals surface area contributed by atoms with Crippen LogP contribution in [0.25, 0.3) is 11.0 Å². The smallest absolute Gasteiger partial charge is 0.408 e. The minimum Gasteiger partial charge on any atom is -0.471 e. The fourth-order valence-corrected chi connectivity index (χ4v) is 10.9. The Morgan fingerprint density at radius 3 is 2.30 bits per heavy atom. The Hall–Kier alpha value is -4.29. The summed E-state index contributed by atoms with van der Waals surface area (Å²) in [5.41, 5.74) is -3.61. The number of hydrogen-bond acceptors (Lipinski definition) is 10. The third-order valence-electron chi connectivity index (χ3n) is 13.8. The van der Waals surface area contributed by atoms with Crippen LogP contribution in [0.3, 0.4) is 0 Å². The van der Waals surface area contributed by atoms with Crippen LogP contribution in [-0.2, 0) is 35.1 Å². The van der Waals surface area contributed by atoms with Crippen LogP contribution in [-0.4, -0.2) is 94.6 Å². The number of aromatic nitrogens is 2. The molecule has 1 saturated heterocycles. The van der Waals surface area contributed by atoms with Crippen LogP contribution in [0, 0.1) is 35.0 Å². The van der Waals surface area contributed by atoms with E-state index in [1.165, 1.54) is 13.8 Å². The molecule has 2 aromatic rings. The van der Waals surface area contributed by atoms with E-state index in [0.29, 0.717) is 31.1 Å². The van der Waals surface area contributed by atoms with Crippen molar-refractivity contribution in [2.75, 3.05) is 6.54 Å². The second-order valence-electron chi connectivity index (χ2n) is 19.2. The molecule has 8 rings (SSSR count). The molecule has 1 aromatic heterocycles. The highest BCUT2D eigenvalue weighted by Gasteiger charge is 2.68. The quantitative estimate of drug-likeness (QED) is 0.327. The van der Waals surface area contributed by atoms with E-state index in [-0.39, 0.29) is 36.2 Å². The largest absolute Gasteiger partial charge is 0.471 e. The first-order valence-electron chi connectivity index (χ1n) is 20.8. The monoisotopic (exact) mass is 864 g/mol. The van der Waals surface area contributed by atoms with Gasteiger partial charge in [0, 0.05) is 12.3 Å². The molecule has 0 unspecified atom stereocenters. The molecule has 3 heterocycles. The van der Waals surface area contributed by atoms with Gasteiger partial charge in [-0.1, -0.05) is 46.2 Å². The summed E-state index contributed by atoms with van der Waals surface area (Å²) < 4.78 is 100. The number of carbonyl (C=O) groups is 4. The van der Waals surface area contributed by atoms with Gasteiger partial charge >= 0.3 is 6.09 Å². The highest BCUT2D eigenvalue weighted by atomic mass is 32.2. The number of carbonyl (C=O) groups excluding carboxylic acids is 4. The maximum atomic E-state index is 16.4. The molecular weight excluding hydrogens is 813 g/mol. The molecule has 60 heavy (non-hydrogen) atoms. The zero-order valence-corrected chi connectivity index (χ0v) is 35.0. The van der Waals surface area contributed by atoms with E-state index in [9.17, 15) is 36.4 Å². The number of para-hydroxylation sites is 2. The Kier molecular flexibility index (Phi) is 10.4. The van der Waals surface area contributed by atoms with Crippen LogP contribution in [0.2, 0.25) is 0 Å². The van der Waals surface area contributed by atoms with Gasteiger partial charge in [0.1, 0.15) is 29.8 Å². The molecule has 1 aromatic carbocycles. The van der Waals surface area contributed by atoms with E-state index in [4.69, 9.17) is 9.47 Å². The summed E-state index contributed by atoms with van der Waals surface area (Å²) in [5, 5.41) is 5.12. The Morgan fingerprint density at radius 2 is 1.67 bits per heavy atom. The first kappa shape index (κ1) is 42.4.